The number of esters is 1. The molecule has 2 aromatic heterocycles. The number of hydrogen-bond acceptors (Lipinski definition) is 6. The summed E-state index contributed by atoms with van der Waals surface area (Å²) < 4.78 is 14.9. The standard InChI is InChI=1S/C21H26N4O5/c1-14(2)12-30-16-8-6-15(7-9-16)20(27)29-11-5-10-25-19(26)17-18(22-13-23(17)3)24(4)21(25)28/h6-9,13-14H,5,10-12H2,1-4H3. The predicted molar refractivity (Wildman–Crippen MR) is 112 cm³/mol. The van der Waals surface area contributed by atoms with Crippen LogP contribution in [0.3, 0.4) is 0 Å². The van der Waals surface area contributed by atoms with E-state index in [-0.39, 0.29) is 13.2 Å². The molecule has 1 aromatic carbocycles. The van der Waals surface area contributed by atoms with Gasteiger partial charge >= 0.3 is 11.7 Å². The number of imidazole rings is 1. The summed E-state index contributed by atoms with van der Waals surface area (Å²) in [5.74, 6) is 0.645. The molecule has 0 saturated heterocycles. The zero-order chi connectivity index (χ0) is 21.8. The molecule has 0 N–H and O–H groups in total. The normalized spacial score (nSPS) is 11.2. The van der Waals surface area contributed by atoms with Crippen molar-refractivity contribution in [1.82, 2.24) is 18.7 Å². The number of aromatic nitrogens is 4. The Morgan fingerprint density at radius 3 is 2.50 bits per heavy atom. The van der Waals surface area contributed by atoms with Crippen LogP contribution >= 0.6 is 0 Å². The summed E-state index contributed by atoms with van der Waals surface area (Å²) >= 11 is 0. The Bertz CT molecular complexity index is 1160. The van der Waals surface area contributed by atoms with Crippen LogP contribution in [0.4, 0.5) is 0 Å². The van der Waals surface area contributed by atoms with Crippen LogP contribution in [-0.4, -0.2) is 37.9 Å². The van der Waals surface area contributed by atoms with E-state index < -0.39 is 17.2 Å². The number of rotatable bonds is 8. The first-order chi connectivity index (χ1) is 14.3. The molecule has 0 aliphatic heterocycles. The summed E-state index contributed by atoms with van der Waals surface area (Å²) in [5.41, 5.74) is 0.257. The monoisotopic (exact) mass is 414 g/mol. The van der Waals surface area contributed by atoms with Crippen LogP contribution in [0.2, 0.25) is 0 Å². The van der Waals surface area contributed by atoms with Crippen LogP contribution in [0.15, 0.2) is 40.2 Å². The Balaban J connectivity index is 1.59. The van der Waals surface area contributed by atoms with Gasteiger partial charge in [0.2, 0.25) is 0 Å². The van der Waals surface area contributed by atoms with Crippen molar-refractivity contribution in [1.29, 1.82) is 0 Å². The zero-order valence-electron chi connectivity index (χ0n) is 17.6. The molecule has 0 radical (unpaired) electrons. The lowest BCUT2D eigenvalue weighted by Crippen LogP contribution is -2.39. The van der Waals surface area contributed by atoms with Gasteiger partial charge in [-0.25, -0.2) is 14.6 Å². The molecule has 9 nitrogen and oxygen atoms in total. The summed E-state index contributed by atoms with van der Waals surface area (Å²) in [7, 11) is 3.27. The van der Waals surface area contributed by atoms with Crippen molar-refractivity contribution in [2.45, 2.75) is 26.8 Å². The van der Waals surface area contributed by atoms with Crippen molar-refractivity contribution >= 4 is 17.1 Å². The summed E-state index contributed by atoms with van der Waals surface area (Å²) in [6.07, 6.45) is 1.83. The van der Waals surface area contributed by atoms with Gasteiger partial charge in [0.05, 0.1) is 25.1 Å². The topological polar surface area (TPSA) is 97.3 Å². The van der Waals surface area contributed by atoms with Gasteiger partial charge < -0.3 is 14.0 Å². The maximum absolute atomic E-state index is 12.6. The molecule has 160 valence electrons. The lowest BCUT2D eigenvalue weighted by molar-refractivity contribution is 0.0495. The van der Waals surface area contributed by atoms with Gasteiger partial charge in [0.25, 0.3) is 5.56 Å². The largest absolute Gasteiger partial charge is 0.493 e. The van der Waals surface area contributed by atoms with E-state index in [1.165, 1.54) is 10.9 Å². The smallest absolute Gasteiger partial charge is 0.338 e. The SMILES string of the molecule is CC(C)COc1ccc(C(=O)OCCCn2c(=O)c3c(ncn3C)n(C)c2=O)cc1. The number of benzene rings is 1. The van der Waals surface area contributed by atoms with Crippen LogP contribution in [0.5, 0.6) is 5.75 Å². The molecule has 0 saturated carbocycles. The van der Waals surface area contributed by atoms with Crippen molar-refractivity contribution in [2.75, 3.05) is 13.2 Å². The minimum atomic E-state index is -0.465. The number of aryl methyl sites for hydroxylation is 2. The molecular formula is C21H26N4O5. The van der Waals surface area contributed by atoms with Gasteiger partial charge in [-0.05, 0) is 36.6 Å². The van der Waals surface area contributed by atoms with E-state index >= 15 is 0 Å². The quantitative estimate of drug-likeness (QED) is 0.411. The fraction of sp³-hybridized carbons (Fsp3) is 0.429. The molecule has 3 aromatic rings. The lowest BCUT2D eigenvalue weighted by atomic mass is 10.2. The van der Waals surface area contributed by atoms with Crippen molar-refractivity contribution in [3.63, 3.8) is 0 Å². The third kappa shape index (κ3) is 4.45. The van der Waals surface area contributed by atoms with Gasteiger partial charge in [-0.3, -0.25) is 13.9 Å². The van der Waals surface area contributed by atoms with Gasteiger partial charge in [0, 0.05) is 20.6 Å². The van der Waals surface area contributed by atoms with E-state index in [0.717, 1.165) is 4.57 Å². The molecule has 30 heavy (non-hydrogen) atoms. The van der Waals surface area contributed by atoms with Gasteiger partial charge in [-0.15, -0.1) is 0 Å². The maximum atomic E-state index is 12.6. The minimum absolute atomic E-state index is 0.0868. The first kappa shape index (κ1) is 21.4. The second-order valence-electron chi connectivity index (χ2n) is 7.54. The number of hydrogen-bond donors (Lipinski definition) is 0. The van der Waals surface area contributed by atoms with E-state index in [2.05, 4.69) is 18.8 Å². The molecule has 0 bridgehead atoms. The Hall–Kier alpha value is -3.36. The van der Waals surface area contributed by atoms with Crippen LogP contribution in [-0.2, 0) is 25.4 Å². The molecule has 0 fully saturated rings. The minimum Gasteiger partial charge on any atom is -0.493 e. The van der Waals surface area contributed by atoms with Crippen LogP contribution in [0.25, 0.3) is 11.2 Å². The zero-order valence-corrected chi connectivity index (χ0v) is 17.6. The summed E-state index contributed by atoms with van der Waals surface area (Å²) in [5, 5.41) is 0. The number of carbonyl (C=O) groups is 1. The van der Waals surface area contributed by atoms with Gasteiger partial charge in [0.1, 0.15) is 5.75 Å². The molecule has 0 spiro atoms. The van der Waals surface area contributed by atoms with Gasteiger partial charge in [-0.2, -0.15) is 0 Å². The van der Waals surface area contributed by atoms with Crippen LogP contribution in [0, 0.1) is 5.92 Å². The van der Waals surface area contributed by atoms with E-state index in [4.69, 9.17) is 9.47 Å². The Kier molecular flexibility index (Phi) is 6.39. The van der Waals surface area contributed by atoms with Crippen molar-refractivity contribution in [2.24, 2.45) is 20.0 Å². The van der Waals surface area contributed by atoms with E-state index in [1.807, 2.05) is 0 Å². The molecule has 0 unspecified atom stereocenters. The summed E-state index contributed by atoms with van der Waals surface area (Å²) in [4.78, 5) is 41.4. The first-order valence-corrected chi connectivity index (χ1v) is 9.80. The highest BCUT2D eigenvalue weighted by atomic mass is 16.5. The number of ether oxygens (including phenoxy) is 2. The Labute approximate surface area is 173 Å². The molecular weight excluding hydrogens is 388 g/mol. The second-order valence-corrected chi connectivity index (χ2v) is 7.54. The first-order valence-electron chi connectivity index (χ1n) is 9.80. The molecule has 0 aliphatic carbocycles. The second kappa shape index (κ2) is 8.98. The summed E-state index contributed by atoms with van der Waals surface area (Å²) in [6.45, 7) is 4.95. The fourth-order valence-electron chi connectivity index (χ4n) is 3.01. The van der Waals surface area contributed by atoms with Gasteiger partial charge in [-0.1, -0.05) is 13.8 Å². The predicted octanol–water partition coefficient (Wildman–Crippen LogP) is 1.72. The molecule has 9 heteroatoms. The third-order valence-electron chi connectivity index (χ3n) is 4.63. The van der Waals surface area contributed by atoms with Crippen molar-refractivity contribution in [3.8, 4) is 5.75 Å². The molecule has 0 aliphatic rings. The maximum Gasteiger partial charge on any atom is 0.338 e. The lowest BCUT2D eigenvalue weighted by Gasteiger charge is -2.10. The molecule has 0 amide bonds. The average molecular weight is 414 g/mol. The highest BCUT2D eigenvalue weighted by molar-refractivity contribution is 5.89. The van der Waals surface area contributed by atoms with Crippen LogP contribution < -0.4 is 16.0 Å². The van der Waals surface area contributed by atoms with Crippen molar-refractivity contribution in [3.05, 3.63) is 57.0 Å². The number of fused-ring (bicyclic) bond motifs is 1. The highest BCUT2D eigenvalue weighted by Gasteiger charge is 2.15. The number of nitrogens with zero attached hydrogens (tertiary/aromatic N) is 4. The summed E-state index contributed by atoms with van der Waals surface area (Å²) in [6, 6.07) is 6.75. The average Bonchev–Trinajstić information content (AvgIpc) is 3.12. The van der Waals surface area contributed by atoms with Crippen LogP contribution in [0.1, 0.15) is 30.6 Å². The Morgan fingerprint density at radius 1 is 1.13 bits per heavy atom. The van der Waals surface area contributed by atoms with E-state index in [9.17, 15) is 14.4 Å². The van der Waals surface area contributed by atoms with E-state index in [1.54, 1.807) is 42.9 Å². The third-order valence-corrected chi connectivity index (χ3v) is 4.63. The van der Waals surface area contributed by atoms with Gasteiger partial charge in [0.15, 0.2) is 11.2 Å². The molecule has 3 rings (SSSR count). The molecule has 2 heterocycles. The van der Waals surface area contributed by atoms with E-state index in [0.29, 0.717) is 41.4 Å². The highest BCUT2D eigenvalue weighted by Crippen LogP contribution is 2.14. The number of carbonyl (C=O) groups excluding carboxylic acids is 1. The molecule has 0 atom stereocenters. The fourth-order valence-corrected chi connectivity index (χ4v) is 3.01. The Morgan fingerprint density at radius 2 is 1.83 bits per heavy atom. The van der Waals surface area contributed by atoms with Crippen molar-refractivity contribution < 1.29 is 14.3 Å².